The van der Waals surface area contributed by atoms with Crippen molar-refractivity contribution in [1.29, 1.82) is 0 Å². The van der Waals surface area contributed by atoms with Crippen molar-refractivity contribution in [3.05, 3.63) is 22.7 Å². The summed E-state index contributed by atoms with van der Waals surface area (Å²) in [4.78, 5) is 2.52. The standard InChI is InChI=1S/C14H19BrN2/c1-17-13-9-11(15)5-6-12(13)16-10-14(17)7-3-2-4-8-14/h5-6,9,16H,2-4,7-8,10H2,1H3. The third kappa shape index (κ3) is 1.85. The molecule has 0 bridgehead atoms. The Morgan fingerprint density at radius 3 is 2.76 bits per heavy atom. The molecule has 0 unspecified atom stereocenters. The van der Waals surface area contributed by atoms with E-state index in [1.165, 1.54) is 43.5 Å². The van der Waals surface area contributed by atoms with Gasteiger partial charge < -0.3 is 10.2 Å². The minimum atomic E-state index is 0.353. The minimum Gasteiger partial charge on any atom is -0.381 e. The molecule has 1 spiro atoms. The number of rotatable bonds is 0. The summed E-state index contributed by atoms with van der Waals surface area (Å²) >= 11 is 3.58. The highest BCUT2D eigenvalue weighted by Gasteiger charge is 2.39. The molecule has 1 N–H and O–H groups in total. The SMILES string of the molecule is CN1c2cc(Br)ccc2NCC12CCCCC2. The van der Waals surface area contributed by atoms with Crippen LogP contribution in [0.4, 0.5) is 11.4 Å². The number of hydrogen-bond donors (Lipinski definition) is 1. The van der Waals surface area contributed by atoms with Gasteiger partial charge in [-0.3, -0.25) is 0 Å². The monoisotopic (exact) mass is 294 g/mol. The van der Waals surface area contributed by atoms with Crippen LogP contribution in [0.15, 0.2) is 22.7 Å². The first-order valence-corrected chi connectivity index (χ1v) is 7.28. The maximum Gasteiger partial charge on any atom is 0.0616 e. The molecule has 92 valence electrons. The Morgan fingerprint density at radius 2 is 2.00 bits per heavy atom. The molecule has 1 aliphatic heterocycles. The fourth-order valence-electron chi connectivity index (χ4n) is 3.29. The highest BCUT2D eigenvalue weighted by atomic mass is 79.9. The lowest BCUT2D eigenvalue weighted by molar-refractivity contribution is 0.294. The zero-order valence-electron chi connectivity index (χ0n) is 10.3. The van der Waals surface area contributed by atoms with Gasteiger partial charge in [-0.15, -0.1) is 0 Å². The van der Waals surface area contributed by atoms with E-state index in [0.717, 1.165) is 11.0 Å². The van der Waals surface area contributed by atoms with Gasteiger partial charge in [0.1, 0.15) is 0 Å². The van der Waals surface area contributed by atoms with Crippen LogP contribution in [-0.4, -0.2) is 19.1 Å². The summed E-state index contributed by atoms with van der Waals surface area (Å²) in [5.74, 6) is 0. The van der Waals surface area contributed by atoms with Crippen LogP contribution in [0.3, 0.4) is 0 Å². The van der Waals surface area contributed by atoms with Gasteiger partial charge in [0.05, 0.1) is 16.9 Å². The largest absolute Gasteiger partial charge is 0.381 e. The smallest absolute Gasteiger partial charge is 0.0616 e. The van der Waals surface area contributed by atoms with Gasteiger partial charge in [0.15, 0.2) is 0 Å². The molecule has 0 aromatic heterocycles. The van der Waals surface area contributed by atoms with Gasteiger partial charge in [0.2, 0.25) is 0 Å². The summed E-state index contributed by atoms with van der Waals surface area (Å²) in [5, 5.41) is 3.62. The summed E-state index contributed by atoms with van der Waals surface area (Å²) < 4.78 is 1.16. The fraction of sp³-hybridized carbons (Fsp3) is 0.571. The first-order valence-electron chi connectivity index (χ1n) is 6.49. The maximum absolute atomic E-state index is 3.62. The van der Waals surface area contributed by atoms with Gasteiger partial charge >= 0.3 is 0 Å². The molecule has 0 saturated heterocycles. The zero-order valence-corrected chi connectivity index (χ0v) is 11.9. The second-order valence-electron chi connectivity index (χ2n) is 5.36. The van der Waals surface area contributed by atoms with Crippen molar-refractivity contribution < 1.29 is 0 Å². The fourth-order valence-corrected chi connectivity index (χ4v) is 3.64. The first kappa shape index (κ1) is 11.4. The molecule has 1 fully saturated rings. The molecular formula is C14H19BrN2. The Morgan fingerprint density at radius 1 is 1.24 bits per heavy atom. The van der Waals surface area contributed by atoms with Gasteiger partial charge in [-0.05, 0) is 31.0 Å². The Labute approximate surface area is 112 Å². The van der Waals surface area contributed by atoms with Crippen molar-refractivity contribution in [2.75, 3.05) is 23.8 Å². The normalized spacial score (nSPS) is 22.1. The number of fused-ring (bicyclic) bond motifs is 1. The van der Waals surface area contributed by atoms with Crippen LogP contribution in [0.25, 0.3) is 0 Å². The zero-order chi connectivity index (χ0) is 11.9. The average molecular weight is 295 g/mol. The number of likely N-dealkylation sites (N-methyl/N-ethyl adjacent to an activating group) is 1. The van der Waals surface area contributed by atoms with Crippen molar-refractivity contribution in [2.45, 2.75) is 37.6 Å². The Hall–Kier alpha value is -0.700. The van der Waals surface area contributed by atoms with Crippen LogP contribution in [0.5, 0.6) is 0 Å². The minimum absolute atomic E-state index is 0.353. The lowest BCUT2D eigenvalue weighted by Crippen LogP contribution is -2.55. The highest BCUT2D eigenvalue weighted by molar-refractivity contribution is 9.10. The molecule has 1 aromatic rings. The number of hydrogen-bond acceptors (Lipinski definition) is 2. The summed E-state index contributed by atoms with van der Waals surface area (Å²) in [5.41, 5.74) is 2.96. The van der Waals surface area contributed by atoms with E-state index >= 15 is 0 Å². The molecule has 2 aliphatic rings. The summed E-state index contributed by atoms with van der Waals surface area (Å²) in [6, 6.07) is 6.52. The van der Waals surface area contributed by atoms with E-state index in [1.807, 2.05) is 0 Å². The molecule has 3 heteroatoms. The molecular weight excluding hydrogens is 276 g/mol. The van der Waals surface area contributed by atoms with E-state index in [4.69, 9.17) is 0 Å². The highest BCUT2D eigenvalue weighted by Crippen LogP contribution is 2.43. The number of anilines is 2. The molecule has 2 nitrogen and oxygen atoms in total. The lowest BCUT2D eigenvalue weighted by atomic mass is 9.79. The van der Waals surface area contributed by atoms with Crippen molar-refractivity contribution in [1.82, 2.24) is 0 Å². The molecule has 1 aliphatic carbocycles. The molecule has 0 amide bonds. The summed E-state index contributed by atoms with van der Waals surface area (Å²) in [7, 11) is 2.26. The van der Waals surface area contributed by atoms with Gasteiger partial charge in [-0.2, -0.15) is 0 Å². The van der Waals surface area contributed by atoms with Gasteiger partial charge in [-0.1, -0.05) is 35.2 Å². The van der Waals surface area contributed by atoms with E-state index < -0.39 is 0 Å². The van der Waals surface area contributed by atoms with Crippen molar-refractivity contribution >= 4 is 27.3 Å². The molecule has 0 atom stereocenters. The van der Waals surface area contributed by atoms with Crippen LogP contribution in [0.1, 0.15) is 32.1 Å². The van der Waals surface area contributed by atoms with Crippen LogP contribution >= 0.6 is 15.9 Å². The molecule has 1 heterocycles. The number of halogens is 1. The topological polar surface area (TPSA) is 15.3 Å². The first-order chi connectivity index (χ1) is 8.21. The second-order valence-corrected chi connectivity index (χ2v) is 6.27. The van der Waals surface area contributed by atoms with Crippen LogP contribution in [0, 0.1) is 0 Å². The van der Waals surface area contributed by atoms with Crippen LogP contribution < -0.4 is 10.2 Å². The third-order valence-corrected chi connectivity index (χ3v) is 4.92. The maximum atomic E-state index is 3.62. The second kappa shape index (κ2) is 4.20. The Bertz CT molecular complexity index is 424. The van der Waals surface area contributed by atoms with Gasteiger partial charge in [0, 0.05) is 18.1 Å². The van der Waals surface area contributed by atoms with E-state index in [0.29, 0.717) is 5.54 Å². The lowest BCUT2D eigenvalue weighted by Gasteiger charge is -2.50. The number of benzene rings is 1. The molecule has 17 heavy (non-hydrogen) atoms. The molecule has 3 rings (SSSR count). The molecule has 1 saturated carbocycles. The predicted octanol–water partition coefficient (Wildman–Crippen LogP) is 4.01. The van der Waals surface area contributed by atoms with E-state index in [2.05, 4.69) is 51.4 Å². The Balaban J connectivity index is 1.98. The summed E-state index contributed by atoms with van der Waals surface area (Å²) in [6.45, 7) is 1.10. The van der Waals surface area contributed by atoms with Crippen LogP contribution in [-0.2, 0) is 0 Å². The van der Waals surface area contributed by atoms with E-state index in [-0.39, 0.29) is 0 Å². The van der Waals surface area contributed by atoms with Gasteiger partial charge in [0.25, 0.3) is 0 Å². The van der Waals surface area contributed by atoms with E-state index in [9.17, 15) is 0 Å². The quantitative estimate of drug-likeness (QED) is 0.778. The van der Waals surface area contributed by atoms with Crippen molar-refractivity contribution in [2.24, 2.45) is 0 Å². The Kier molecular flexibility index (Phi) is 2.81. The molecule has 1 aromatic carbocycles. The van der Waals surface area contributed by atoms with E-state index in [1.54, 1.807) is 0 Å². The molecule has 0 radical (unpaired) electrons. The predicted molar refractivity (Wildman–Crippen MR) is 76.9 cm³/mol. The van der Waals surface area contributed by atoms with Gasteiger partial charge in [-0.25, -0.2) is 0 Å². The number of nitrogens with zero attached hydrogens (tertiary/aromatic N) is 1. The number of nitrogens with one attached hydrogen (secondary N) is 1. The summed E-state index contributed by atoms with van der Waals surface area (Å²) in [6.07, 6.45) is 6.79. The van der Waals surface area contributed by atoms with Crippen molar-refractivity contribution in [3.63, 3.8) is 0 Å². The average Bonchev–Trinajstić information content (AvgIpc) is 2.36. The van der Waals surface area contributed by atoms with Crippen molar-refractivity contribution in [3.8, 4) is 0 Å². The van der Waals surface area contributed by atoms with Crippen LogP contribution in [0.2, 0.25) is 0 Å². The third-order valence-electron chi connectivity index (χ3n) is 4.42.